The third kappa shape index (κ3) is 2.49. The fourth-order valence-electron chi connectivity index (χ4n) is 2.95. The molecule has 1 atom stereocenters. The lowest BCUT2D eigenvalue weighted by Crippen LogP contribution is -2.36. The first-order valence-corrected chi connectivity index (χ1v) is 8.57. The Balaban J connectivity index is 2.02. The van der Waals surface area contributed by atoms with E-state index in [-0.39, 0.29) is 11.1 Å². The summed E-state index contributed by atoms with van der Waals surface area (Å²) in [4.78, 5) is 4.43. The Bertz CT molecular complexity index is 710. The van der Waals surface area contributed by atoms with E-state index in [1.54, 1.807) is 12.3 Å². The maximum absolute atomic E-state index is 12.7. The first kappa shape index (κ1) is 14.3. The summed E-state index contributed by atoms with van der Waals surface area (Å²) >= 11 is 0. The van der Waals surface area contributed by atoms with Crippen molar-refractivity contribution >= 4 is 10.0 Å². The molecule has 0 aromatic carbocycles. The summed E-state index contributed by atoms with van der Waals surface area (Å²) in [5.74, 6) is 0. The van der Waals surface area contributed by atoms with E-state index in [4.69, 9.17) is 4.42 Å². The molecule has 21 heavy (non-hydrogen) atoms. The molecule has 112 valence electrons. The Hall–Kier alpha value is -1.66. The molecule has 1 aliphatic rings. The average molecular weight is 306 g/mol. The molecule has 0 bridgehead atoms. The van der Waals surface area contributed by atoms with E-state index < -0.39 is 10.0 Å². The molecule has 2 aromatic rings. The molecule has 2 heterocycles. The van der Waals surface area contributed by atoms with Gasteiger partial charge in [0.25, 0.3) is 10.0 Å². The molecule has 0 N–H and O–H groups in total. The number of nitrogens with zero attached hydrogens (tertiary/aromatic N) is 2. The van der Waals surface area contributed by atoms with Crippen molar-refractivity contribution in [3.63, 3.8) is 0 Å². The average Bonchev–Trinajstić information content (AvgIpc) is 3.03. The minimum absolute atomic E-state index is 0.00703. The quantitative estimate of drug-likeness (QED) is 0.871. The number of aryl methyl sites for hydroxylation is 1. The summed E-state index contributed by atoms with van der Waals surface area (Å²) in [5.41, 5.74) is 2.02. The third-order valence-corrected chi connectivity index (χ3v) is 5.75. The zero-order valence-corrected chi connectivity index (χ0v) is 12.7. The minimum Gasteiger partial charge on any atom is -0.452 e. The summed E-state index contributed by atoms with van der Waals surface area (Å²) < 4.78 is 32.1. The van der Waals surface area contributed by atoms with Crippen molar-refractivity contribution in [1.29, 1.82) is 0 Å². The number of pyridine rings is 1. The molecular formula is C15H18N2O3S. The van der Waals surface area contributed by atoms with Crippen molar-refractivity contribution in [3.05, 3.63) is 48.0 Å². The monoisotopic (exact) mass is 306 g/mol. The second kappa shape index (κ2) is 5.61. The molecule has 0 amide bonds. The van der Waals surface area contributed by atoms with Crippen molar-refractivity contribution in [3.8, 4) is 0 Å². The van der Waals surface area contributed by atoms with Gasteiger partial charge in [-0.3, -0.25) is 4.98 Å². The molecule has 1 aliphatic carbocycles. The smallest absolute Gasteiger partial charge is 0.277 e. The van der Waals surface area contributed by atoms with Crippen LogP contribution in [0.1, 0.15) is 37.1 Å². The van der Waals surface area contributed by atoms with Gasteiger partial charge in [0.1, 0.15) is 0 Å². The summed E-state index contributed by atoms with van der Waals surface area (Å²) in [6.07, 6.45) is 5.82. The molecule has 5 nitrogen and oxygen atoms in total. The second-order valence-corrected chi connectivity index (χ2v) is 6.92. The topological polar surface area (TPSA) is 63.4 Å². The van der Waals surface area contributed by atoms with Gasteiger partial charge < -0.3 is 4.42 Å². The summed E-state index contributed by atoms with van der Waals surface area (Å²) in [7, 11) is -3.62. The summed E-state index contributed by atoms with van der Waals surface area (Å²) in [5, 5.41) is -0.00703. The van der Waals surface area contributed by atoms with Crippen LogP contribution in [0.4, 0.5) is 0 Å². The Morgan fingerprint density at radius 2 is 2.24 bits per heavy atom. The lowest BCUT2D eigenvalue weighted by atomic mass is 9.92. The highest BCUT2D eigenvalue weighted by molar-refractivity contribution is 7.89. The van der Waals surface area contributed by atoms with Gasteiger partial charge in [0.05, 0.1) is 18.0 Å². The van der Waals surface area contributed by atoms with E-state index in [2.05, 4.69) is 4.98 Å². The largest absolute Gasteiger partial charge is 0.452 e. The van der Waals surface area contributed by atoms with Crippen molar-refractivity contribution in [2.75, 3.05) is 6.54 Å². The highest BCUT2D eigenvalue weighted by Crippen LogP contribution is 2.35. The van der Waals surface area contributed by atoms with Crippen LogP contribution in [-0.4, -0.2) is 24.3 Å². The van der Waals surface area contributed by atoms with Crippen LogP contribution in [0.25, 0.3) is 0 Å². The fourth-order valence-corrected chi connectivity index (χ4v) is 4.49. The van der Waals surface area contributed by atoms with Gasteiger partial charge >= 0.3 is 0 Å². The third-order valence-electron chi connectivity index (χ3n) is 3.88. The predicted molar refractivity (Wildman–Crippen MR) is 78.2 cm³/mol. The van der Waals surface area contributed by atoms with Gasteiger partial charge in [-0.1, -0.05) is 13.0 Å². The van der Waals surface area contributed by atoms with Crippen molar-refractivity contribution < 1.29 is 12.8 Å². The van der Waals surface area contributed by atoms with Gasteiger partial charge in [-0.25, -0.2) is 8.42 Å². The number of hydrogen-bond acceptors (Lipinski definition) is 4. The number of sulfonamides is 1. The van der Waals surface area contributed by atoms with E-state index in [1.807, 2.05) is 19.1 Å². The lowest BCUT2D eigenvalue weighted by molar-refractivity contribution is 0.289. The van der Waals surface area contributed by atoms with Crippen LogP contribution in [0.2, 0.25) is 0 Å². The second-order valence-electron chi connectivity index (χ2n) is 5.10. The van der Waals surface area contributed by atoms with Crippen LogP contribution in [0.15, 0.2) is 46.2 Å². The van der Waals surface area contributed by atoms with Gasteiger partial charge in [0.2, 0.25) is 5.09 Å². The predicted octanol–water partition coefficient (Wildman–Crippen LogP) is 2.76. The molecule has 0 saturated carbocycles. The molecule has 0 radical (unpaired) electrons. The molecule has 2 aromatic heterocycles. The summed E-state index contributed by atoms with van der Waals surface area (Å²) in [6.45, 7) is 2.24. The minimum atomic E-state index is -3.62. The number of furan rings is 1. The Morgan fingerprint density at radius 1 is 1.38 bits per heavy atom. The molecular weight excluding hydrogens is 288 g/mol. The first-order valence-electron chi connectivity index (χ1n) is 7.13. The molecule has 0 aliphatic heterocycles. The SMILES string of the molecule is CCN([C@H]1CCCc2cccnc21)S(=O)(=O)c1ccco1. The Kier molecular flexibility index (Phi) is 3.82. The highest BCUT2D eigenvalue weighted by Gasteiger charge is 2.36. The van der Waals surface area contributed by atoms with Crippen LogP contribution in [0.5, 0.6) is 0 Å². The van der Waals surface area contributed by atoms with Crippen molar-refractivity contribution in [2.45, 2.75) is 37.3 Å². The van der Waals surface area contributed by atoms with Crippen LogP contribution in [-0.2, 0) is 16.4 Å². The number of hydrogen-bond donors (Lipinski definition) is 0. The number of rotatable bonds is 4. The summed E-state index contributed by atoms with van der Waals surface area (Å²) in [6, 6.07) is 6.80. The number of aromatic nitrogens is 1. The van der Waals surface area contributed by atoms with Gasteiger partial charge in [0.15, 0.2) is 0 Å². The zero-order chi connectivity index (χ0) is 14.9. The molecule has 0 spiro atoms. The first-order chi connectivity index (χ1) is 10.1. The van der Waals surface area contributed by atoms with Gasteiger partial charge in [-0.15, -0.1) is 0 Å². The van der Waals surface area contributed by atoms with Crippen LogP contribution in [0, 0.1) is 0 Å². The molecule has 3 rings (SSSR count). The van der Waals surface area contributed by atoms with Crippen molar-refractivity contribution in [2.24, 2.45) is 0 Å². The lowest BCUT2D eigenvalue weighted by Gasteiger charge is -2.32. The molecule has 6 heteroatoms. The standard InChI is InChI=1S/C15H18N2O3S/c1-2-17(21(18,19)14-9-5-11-20-14)13-8-3-6-12-7-4-10-16-15(12)13/h4-5,7,9-11,13H,2-3,6,8H2,1H3/t13-/m0/s1. The maximum Gasteiger partial charge on any atom is 0.277 e. The molecule has 0 saturated heterocycles. The van der Waals surface area contributed by atoms with Crippen LogP contribution < -0.4 is 0 Å². The Morgan fingerprint density at radius 3 is 2.95 bits per heavy atom. The van der Waals surface area contributed by atoms with E-state index in [0.29, 0.717) is 6.54 Å². The normalized spacial score (nSPS) is 18.7. The van der Waals surface area contributed by atoms with Crippen LogP contribution in [0.3, 0.4) is 0 Å². The van der Waals surface area contributed by atoms with Gasteiger partial charge in [-0.05, 0) is 43.0 Å². The fraction of sp³-hybridized carbons (Fsp3) is 0.400. The van der Waals surface area contributed by atoms with Gasteiger partial charge in [0, 0.05) is 12.7 Å². The zero-order valence-electron chi connectivity index (χ0n) is 11.9. The highest BCUT2D eigenvalue weighted by atomic mass is 32.2. The van der Waals surface area contributed by atoms with E-state index >= 15 is 0 Å². The maximum atomic E-state index is 12.7. The van der Waals surface area contributed by atoms with E-state index in [9.17, 15) is 8.42 Å². The molecule has 0 fully saturated rings. The van der Waals surface area contributed by atoms with E-state index in [1.165, 1.54) is 16.6 Å². The number of fused-ring (bicyclic) bond motifs is 1. The molecule has 0 unspecified atom stereocenters. The van der Waals surface area contributed by atoms with Crippen molar-refractivity contribution in [1.82, 2.24) is 9.29 Å². The van der Waals surface area contributed by atoms with Gasteiger partial charge in [-0.2, -0.15) is 4.31 Å². The van der Waals surface area contributed by atoms with Crippen LogP contribution >= 0.6 is 0 Å². The Labute approximate surface area is 124 Å². The van der Waals surface area contributed by atoms with E-state index in [0.717, 1.165) is 30.5 Å².